The van der Waals surface area contributed by atoms with E-state index in [0.717, 1.165) is 12.8 Å². The normalized spacial score (nSPS) is 12.5. The van der Waals surface area contributed by atoms with Crippen LogP contribution in [-0.2, 0) is 14.3 Å². The zero-order chi connectivity index (χ0) is 12.6. The third-order valence-electron chi connectivity index (χ3n) is 2.58. The summed E-state index contributed by atoms with van der Waals surface area (Å²) in [4.78, 5) is 22.5. The molecule has 0 rings (SSSR count). The van der Waals surface area contributed by atoms with Crippen molar-refractivity contribution in [2.24, 2.45) is 5.92 Å². The van der Waals surface area contributed by atoms with Gasteiger partial charge in [-0.3, -0.25) is 4.79 Å². The highest BCUT2D eigenvalue weighted by Gasteiger charge is 2.22. The predicted octanol–water partition coefficient (Wildman–Crippen LogP) is 1.03. The van der Waals surface area contributed by atoms with Gasteiger partial charge in [0.1, 0.15) is 6.04 Å². The molecule has 0 saturated carbocycles. The molecule has 1 amide bonds. The number of hydrogen-bond acceptors (Lipinski definition) is 3. The van der Waals surface area contributed by atoms with Crippen LogP contribution in [0, 0.1) is 5.92 Å². The van der Waals surface area contributed by atoms with E-state index in [-0.39, 0.29) is 18.2 Å². The highest BCUT2D eigenvalue weighted by molar-refractivity contribution is 5.84. The van der Waals surface area contributed by atoms with Gasteiger partial charge in [0, 0.05) is 26.1 Å². The molecule has 0 heterocycles. The maximum absolute atomic E-state index is 11.7. The molecule has 5 heteroatoms. The van der Waals surface area contributed by atoms with Crippen LogP contribution in [0.2, 0.25) is 0 Å². The molecule has 5 nitrogen and oxygen atoms in total. The molecule has 0 aliphatic rings. The number of carbonyl (C=O) groups excluding carboxylic acids is 1. The molecule has 16 heavy (non-hydrogen) atoms. The third-order valence-corrected chi connectivity index (χ3v) is 2.58. The average molecular weight is 231 g/mol. The van der Waals surface area contributed by atoms with Gasteiger partial charge in [-0.05, 0) is 12.8 Å². The molecule has 0 aromatic carbocycles. The maximum Gasteiger partial charge on any atom is 0.326 e. The molecule has 0 aromatic rings. The second-order valence-electron chi connectivity index (χ2n) is 3.69. The van der Waals surface area contributed by atoms with Crippen LogP contribution in [0.1, 0.15) is 33.1 Å². The molecule has 0 saturated heterocycles. The molecule has 1 unspecified atom stereocenters. The summed E-state index contributed by atoms with van der Waals surface area (Å²) in [7, 11) is 1.50. The average Bonchev–Trinajstić information content (AvgIpc) is 2.25. The molecule has 0 aliphatic carbocycles. The Morgan fingerprint density at radius 3 is 2.25 bits per heavy atom. The van der Waals surface area contributed by atoms with Crippen LogP contribution < -0.4 is 5.32 Å². The molecule has 0 spiro atoms. The Labute approximate surface area is 96.2 Å². The van der Waals surface area contributed by atoms with Gasteiger partial charge in [-0.25, -0.2) is 4.79 Å². The number of methoxy groups -OCH3 is 1. The lowest BCUT2D eigenvalue weighted by atomic mass is 10.0. The molecular formula is C11H21NO4. The van der Waals surface area contributed by atoms with Crippen molar-refractivity contribution in [1.29, 1.82) is 0 Å². The fourth-order valence-electron chi connectivity index (χ4n) is 1.44. The van der Waals surface area contributed by atoms with E-state index in [2.05, 4.69) is 5.32 Å². The number of nitrogens with one attached hydrogen (secondary N) is 1. The Bertz CT molecular complexity index is 226. The highest BCUT2D eigenvalue weighted by Crippen LogP contribution is 2.08. The summed E-state index contributed by atoms with van der Waals surface area (Å²) in [6.45, 7) is 4.15. The minimum Gasteiger partial charge on any atom is -0.480 e. The summed E-state index contributed by atoms with van der Waals surface area (Å²) in [6, 6.07) is -0.854. The van der Waals surface area contributed by atoms with Crippen molar-refractivity contribution in [3.05, 3.63) is 0 Å². The van der Waals surface area contributed by atoms with E-state index in [1.807, 2.05) is 13.8 Å². The molecule has 0 aromatic heterocycles. The van der Waals surface area contributed by atoms with Crippen LogP contribution in [0.5, 0.6) is 0 Å². The molecule has 0 fully saturated rings. The van der Waals surface area contributed by atoms with Gasteiger partial charge in [-0.15, -0.1) is 0 Å². The van der Waals surface area contributed by atoms with Gasteiger partial charge in [-0.1, -0.05) is 13.8 Å². The first kappa shape index (κ1) is 14.9. The van der Waals surface area contributed by atoms with Gasteiger partial charge in [0.2, 0.25) is 5.91 Å². The van der Waals surface area contributed by atoms with E-state index >= 15 is 0 Å². The lowest BCUT2D eigenvalue weighted by Crippen LogP contribution is -2.44. The second kappa shape index (κ2) is 8.10. The Kier molecular flexibility index (Phi) is 7.54. The monoisotopic (exact) mass is 231 g/mol. The molecular weight excluding hydrogens is 210 g/mol. The van der Waals surface area contributed by atoms with E-state index in [0.29, 0.717) is 6.61 Å². The number of carboxylic acid groups (broad SMARTS) is 1. The Balaban J connectivity index is 4.27. The summed E-state index contributed by atoms with van der Waals surface area (Å²) in [5, 5.41) is 11.4. The first-order chi connectivity index (χ1) is 7.56. The summed E-state index contributed by atoms with van der Waals surface area (Å²) in [5.74, 6) is -1.31. The topological polar surface area (TPSA) is 75.6 Å². The number of amides is 1. The summed E-state index contributed by atoms with van der Waals surface area (Å²) < 4.78 is 4.80. The first-order valence-electron chi connectivity index (χ1n) is 5.58. The fraction of sp³-hybridized carbons (Fsp3) is 0.818. The summed E-state index contributed by atoms with van der Waals surface area (Å²) >= 11 is 0. The Hall–Kier alpha value is -1.10. The molecule has 0 aliphatic heterocycles. The molecule has 0 bridgehead atoms. The van der Waals surface area contributed by atoms with Crippen molar-refractivity contribution in [2.45, 2.75) is 39.2 Å². The summed E-state index contributed by atoms with van der Waals surface area (Å²) in [5.41, 5.74) is 0. The van der Waals surface area contributed by atoms with Crippen LogP contribution in [0.3, 0.4) is 0 Å². The van der Waals surface area contributed by atoms with Crippen LogP contribution >= 0.6 is 0 Å². The van der Waals surface area contributed by atoms with Crippen molar-refractivity contribution in [2.75, 3.05) is 13.7 Å². The minimum absolute atomic E-state index is 0.107. The Morgan fingerprint density at radius 2 is 1.88 bits per heavy atom. The van der Waals surface area contributed by atoms with E-state index < -0.39 is 12.0 Å². The van der Waals surface area contributed by atoms with Gasteiger partial charge in [0.05, 0.1) is 0 Å². The zero-order valence-corrected chi connectivity index (χ0v) is 10.2. The first-order valence-corrected chi connectivity index (χ1v) is 5.58. The molecule has 2 N–H and O–H groups in total. The lowest BCUT2D eigenvalue weighted by Gasteiger charge is -2.18. The number of carbonyl (C=O) groups is 2. The van der Waals surface area contributed by atoms with Crippen LogP contribution in [0.25, 0.3) is 0 Å². The van der Waals surface area contributed by atoms with Crippen molar-refractivity contribution >= 4 is 11.9 Å². The third kappa shape index (κ3) is 5.11. The second-order valence-corrected chi connectivity index (χ2v) is 3.69. The number of hydrogen-bond donors (Lipinski definition) is 2. The van der Waals surface area contributed by atoms with Crippen molar-refractivity contribution in [3.63, 3.8) is 0 Å². The lowest BCUT2D eigenvalue weighted by molar-refractivity contribution is -0.143. The van der Waals surface area contributed by atoms with Gasteiger partial charge in [0.15, 0.2) is 0 Å². The van der Waals surface area contributed by atoms with Gasteiger partial charge < -0.3 is 15.2 Å². The minimum atomic E-state index is -1.02. The SMILES string of the molecule is CCC(CC)C(=O)NC(CCOC)C(=O)O. The molecule has 0 radical (unpaired) electrons. The predicted molar refractivity (Wildman–Crippen MR) is 60.1 cm³/mol. The van der Waals surface area contributed by atoms with E-state index in [4.69, 9.17) is 9.84 Å². The van der Waals surface area contributed by atoms with Gasteiger partial charge >= 0.3 is 5.97 Å². The smallest absolute Gasteiger partial charge is 0.326 e. The van der Waals surface area contributed by atoms with E-state index in [1.165, 1.54) is 7.11 Å². The zero-order valence-electron chi connectivity index (χ0n) is 10.2. The summed E-state index contributed by atoms with van der Waals surface area (Å²) in [6.07, 6.45) is 1.73. The molecule has 94 valence electrons. The van der Waals surface area contributed by atoms with Crippen molar-refractivity contribution in [1.82, 2.24) is 5.32 Å². The van der Waals surface area contributed by atoms with Gasteiger partial charge in [0.25, 0.3) is 0 Å². The number of aliphatic carboxylic acids is 1. The van der Waals surface area contributed by atoms with Crippen molar-refractivity contribution in [3.8, 4) is 0 Å². The highest BCUT2D eigenvalue weighted by atomic mass is 16.5. The molecule has 1 atom stereocenters. The van der Waals surface area contributed by atoms with Crippen molar-refractivity contribution < 1.29 is 19.4 Å². The van der Waals surface area contributed by atoms with E-state index in [9.17, 15) is 9.59 Å². The van der Waals surface area contributed by atoms with Crippen LogP contribution in [-0.4, -0.2) is 36.7 Å². The largest absolute Gasteiger partial charge is 0.480 e. The number of carboxylic acids is 1. The van der Waals surface area contributed by atoms with E-state index in [1.54, 1.807) is 0 Å². The number of rotatable bonds is 8. The Morgan fingerprint density at radius 1 is 1.31 bits per heavy atom. The maximum atomic E-state index is 11.7. The van der Waals surface area contributed by atoms with Gasteiger partial charge in [-0.2, -0.15) is 0 Å². The fourth-order valence-corrected chi connectivity index (χ4v) is 1.44. The van der Waals surface area contributed by atoms with Crippen LogP contribution in [0.15, 0.2) is 0 Å². The quantitative estimate of drug-likeness (QED) is 0.654. The van der Waals surface area contributed by atoms with Crippen LogP contribution in [0.4, 0.5) is 0 Å². The number of ether oxygens (including phenoxy) is 1. The standard InChI is InChI=1S/C11H21NO4/c1-4-8(5-2)10(13)12-9(11(14)15)6-7-16-3/h8-9H,4-7H2,1-3H3,(H,12,13)(H,14,15).